The fraction of sp³-hybridized carbons (Fsp3) is 0.556. The molecule has 96 valence electrons. The summed E-state index contributed by atoms with van der Waals surface area (Å²) in [6, 6.07) is 0. The van der Waals surface area contributed by atoms with Crippen molar-refractivity contribution in [3.05, 3.63) is 12.4 Å². The van der Waals surface area contributed by atoms with E-state index >= 15 is 0 Å². The highest BCUT2D eigenvalue weighted by atomic mass is 19.4. The second kappa shape index (κ2) is 5.55. The first kappa shape index (κ1) is 13.3. The third-order valence-corrected chi connectivity index (χ3v) is 1.79. The van der Waals surface area contributed by atoms with E-state index in [-0.39, 0.29) is 0 Å². The summed E-state index contributed by atoms with van der Waals surface area (Å²) in [4.78, 5) is 11.0. The molecule has 8 heteroatoms. The van der Waals surface area contributed by atoms with Gasteiger partial charge >= 0.3 is 6.18 Å². The van der Waals surface area contributed by atoms with Gasteiger partial charge in [-0.05, 0) is 6.92 Å². The lowest BCUT2D eigenvalue weighted by Gasteiger charge is -2.08. The van der Waals surface area contributed by atoms with E-state index in [0.29, 0.717) is 12.3 Å². The van der Waals surface area contributed by atoms with E-state index in [1.54, 1.807) is 16.2 Å². The Labute approximate surface area is 95.5 Å². The number of nitrogens with zero attached hydrogens (tertiary/aromatic N) is 2. The van der Waals surface area contributed by atoms with Crippen LogP contribution in [0.2, 0.25) is 0 Å². The van der Waals surface area contributed by atoms with Crippen molar-refractivity contribution in [2.75, 3.05) is 13.2 Å². The smallest absolute Gasteiger partial charge is 0.405 e. The first-order valence-corrected chi connectivity index (χ1v) is 4.89. The number of ether oxygens (including phenoxy) is 1. The zero-order valence-corrected chi connectivity index (χ0v) is 9.12. The third-order valence-electron chi connectivity index (χ3n) is 1.79. The van der Waals surface area contributed by atoms with Crippen LogP contribution in [0.15, 0.2) is 12.4 Å². The number of aromatic nitrogens is 2. The Kier molecular flexibility index (Phi) is 4.36. The normalized spacial score (nSPS) is 11.3. The Balaban J connectivity index is 2.28. The van der Waals surface area contributed by atoms with Gasteiger partial charge in [0.05, 0.1) is 12.4 Å². The van der Waals surface area contributed by atoms with Gasteiger partial charge in [-0.1, -0.05) is 0 Å². The van der Waals surface area contributed by atoms with Crippen LogP contribution in [0.5, 0.6) is 5.75 Å². The van der Waals surface area contributed by atoms with Gasteiger partial charge in [0.2, 0.25) is 0 Å². The van der Waals surface area contributed by atoms with Gasteiger partial charge in [0.1, 0.15) is 6.54 Å². The lowest BCUT2D eigenvalue weighted by atomic mass is 10.5. The summed E-state index contributed by atoms with van der Waals surface area (Å²) in [5.74, 6) is -0.486. The van der Waals surface area contributed by atoms with Crippen molar-refractivity contribution < 1.29 is 22.7 Å². The highest BCUT2D eigenvalue weighted by molar-refractivity contribution is 5.77. The number of hydrogen-bond donors (Lipinski definition) is 1. The van der Waals surface area contributed by atoms with E-state index in [1.807, 2.05) is 6.92 Å². The van der Waals surface area contributed by atoms with E-state index in [4.69, 9.17) is 4.74 Å². The predicted molar refractivity (Wildman–Crippen MR) is 52.5 cm³/mol. The van der Waals surface area contributed by atoms with Crippen LogP contribution in [-0.4, -0.2) is 35.0 Å². The number of hydrogen-bond acceptors (Lipinski definition) is 3. The van der Waals surface area contributed by atoms with Gasteiger partial charge in [-0.3, -0.25) is 9.48 Å². The van der Waals surface area contributed by atoms with Crippen molar-refractivity contribution in [1.82, 2.24) is 15.1 Å². The molecule has 0 aliphatic heterocycles. The molecule has 0 bridgehead atoms. The molecule has 1 rings (SSSR count). The van der Waals surface area contributed by atoms with Gasteiger partial charge in [-0.25, -0.2) is 0 Å². The molecule has 0 saturated heterocycles. The molecule has 0 aromatic carbocycles. The molecule has 0 aliphatic rings. The fourth-order valence-electron chi connectivity index (χ4n) is 0.991. The van der Waals surface area contributed by atoms with Crippen molar-refractivity contribution >= 4 is 5.91 Å². The fourth-order valence-corrected chi connectivity index (χ4v) is 0.991. The molecular weight excluding hydrogens is 239 g/mol. The molecular formula is C9H12F3N3O2. The number of aryl methyl sites for hydroxylation is 1. The Morgan fingerprint density at radius 3 is 2.82 bits per heavy atom. The van der Waals surface area contributed by atoms with Gasteiger partial charge in [0.15, 0.2) is 12.4 Å². The number of carbonyl (C=O) groups excluding carboxylic acids is 1. The highest BCUT2D eigenvalue weighted by Crippen LogP contribution is 2.12. The molecule has 5 nitrogen and oxygen atoms in total. The Morgan fingerprint density at radius 2 is 2.29 bits per heavy atom. The molecule has 0 aliphatic carbocycles. The summed E-state index contributed by atoms with van der Waals surface area (Å²) < 4.78 is 41.8. The Morgan fingerprint density at radius 1 is 1.59 bits per heavy atom. The number of carbonyl (C=O) groups is 1. The highest BCUT2D eigenvalue weighted by Gasteiger charge is 2.27. The van der Waals surface area contributed by atoms with E-state index < -0.39 is 25.2 Å². The van der Waals surface area contributed by atoms with Gasteiger partial charge in [0.25, 0.3) is 5.91 Å². The summed E-state index contributed by atoms with van der Waals surface area (Å²) >= 11 is 0. The van der Waals surface area contributed by atoms with E-state index in [0.717, 1.165) is 0 Å². The second-order valence-electron chi connectivity index (χ2n) is 3.21. The maximum absolute atomic E-state index is 11.8. The molecule has 1 aromatic rings. The van der Waals surface area contributed by atoms with Gasteiger partial charge < -0.3 is 10.1 Å². The largest absolute Gasteiger partial charge is 0.480 e. The van der Waals surface area contributed by atoms with Gasteiger partial charge in [-0.2, -0.15) is 18.3 Å². The average Bonchev–Trinajstić information content (AvgIpc) is 2.70. The summed E-state index contributed by atoms with van der Waals surface area (Å²) in [6.45, 7) is 0.686. The van der Waals surface area contributed by atoms with Crippen LogP contribution in [-0.2, 0) is 11.3 Å². The standard InChI is InChI=1S/C9H12F3N3O2/c1-2-15-4-7(3-14-15)17-5-8(16)13-6-9(10,11)12/h3-4H,2,5-6H2,1H3,(H,13,16). The van der Waals surface area contributed by atoms with Gasteiger partial charge in [-0.15, -0.1) is 0 Å². The second-order valence-corrected chi connectivity index (χ2v) is 3.21. The van der Waals surface area contributed by atoms with Crippen LogP contribution in [0.1, 0.15) is 6.92 Å². The summed E-state index contributed by atoms with van der Waals surface area (Å²) in [5.41, 5.74) is 0. The third kappa shape index (κ3) is 5.23. The molecule has 0 radical (unpaired) electrons. The zero-order valence-electron chi connectivity index (χ0n) is 9.12. The maximum atomic E-state index is 11.8. The predicted octanol–water partition coefficient (Wildman–Crippen LogP) is 0.960. The lowest BCUT2D eigenvalue weighted by molar-refractivity contribution is -0.139. The Hall–Kier alpha value is -1.73. The van der Waals surface area contributed by atoms with E-state index in [9.17, 15) is 18.0 Å². The van der Waals surface area contributed by atoms with Crippen LogP contribution in [0.4, 0.5) is 13.2 Å². The van der Waals surface area contributed by atoms with E-state index in [2.05, 4.69) is 5.10 Å². The maximum Gasteiger partial charge on any atom is 0.405 e. The summed E-state index contributed by atoms with van der Waals surface area (Å²) in [5, 5.41) is 5.58. The number of rotatable bonds is 5. The molecule has 1 heterocycles. The van der Waals surface area contributed by atoms with Crippen LogP contribution in [0.25, 0.3) is 0 Å². The summed E-state index contributed by atoms with van der Waals surface area (Å²) in [7, 11) is 0. The molecule has 0 fully saturated rings. The molecule has 0 unspecified atom stereocenters. The first-order chi connectivity index (χ1) is 7.90. The first-order valence-electron chi connectivity index (χ1n) is 4.89. The average molecular weight is 251 g/mol. The molecule has 1 N–H and O–H groups in total. The monoisotopic (exact) mass is 251 g/mol. The number of alkyl halides is 3. The van der Waals surface area contributed by atoms with Crippen LogP contribution in [0.3, 0.4) is 0 Å². The molecule has 0 saturated carbocycles. The minimum atomic E-state index is -4.41. The van der Waals surface area contributed by atoms with Crippen molar-refractivity contribution in [2.24, 2.45) is 0 Å². The van der Waals surface area contributed by atoms with Crippen LogP contribution in [0, 0.1) is 0 Å². The quantitative estimate of drug-likeness (QED) is 0.848. The zero-order chi connectivity index (χ0) is 12.9. The van der Waals surface area contributed by atoms with Crippen molar-refractivity contribution in [1.29, 1.82) is 0 Å². The summed E-state index contributed by atoms with van der Waals surface area (Å²) in [6.07, 6.45) is -1.47. The van der Waals surface area contributed by atoms with Crippen LogP contribution < -0.4 is 10.1 Å². The minimum absolute atomic E-state index is 0.342. The lowest BCUT2D eigenvalue weighted by Crippen LogP contribution is -2.36. The Bertz CT molecular complexity index is 376. The number of nitrogens with one attached hydrogen (secondary N) is 1. The molecule has 1 aromatic heterocycles. The number of halogens is 3. The van der Waals surface area contributed by atoms with E-state index in [1.165, 1.54) is 6.20 Å². The topological polar surface area (TPSA) is 56.1 Å². The SMILES string of the molecule is CCn1cc(OCC(=O)NCC(F)(F)F)cn1. The van der Waals surface area contributed by atoms with Crippen molar-refractivity contribution in [3.8, 4) is 5.75 Å². The number of amides is 1. The molecule has 0 spiro atoms. The van der Waals surface area contributed by atoms with Crippen LogP contribution >= 0.6 is 0 Å². The van der Waals surface area contributed by atoms with Crippen molar-refractivity contribution in [3.63, 3.8) is 0 Å². The van der Waals surface area contributed by atoms with Crippen molar-refractivity contribution in [2.45, 2.75) is 19.6 Å². The molecule has 1 amide bonds. The van der Waals surface area contributed by atoms with Gasteiger partial charge in [0, 0.05) is 6.54 Å². The minimum Gasteiger partial charge on any atom is -0.480 e. The molecule has 17 heavy (non-hydrogen) atoms. The molecule has 0 atom stereocenters.